The minimum absolute atomic E-state index is 0.0814. The SMILES string of the molecule is COc1ccc(CCNC(=O)c2ccc(Oc3cc4c(cc3Cl)C(C(C)=O)CCO4)cc2)c(OC)n1. The van der Waals surface area contributed by atoms with Crippen molar-refractivity contribution < 1.29 is 28.5 Å². The summed E-state index contributed by atoms with van der Waals surface area (Å²) in [6.45, 7) is 2.44. The summed E-state index contributed by atoms with van der Waals surface area (Å²) in [5, 5.41) is 3.28. The van der Waals surface area contributed by atoms with E-state index in [1.807, 2.05) is 6.07 Å². The van der Waals surface area contributed by atoms with Gasteiger partial charge in [-0.2, -0.15) is 4.98 Å². The molecule has 1 amide bonds. The number of methoxy groups -OCH3 is 2. The van der Waals surface area contributed by atoms with Crippen LogP contribution in [0.25, 0.3) is 0 Å². The number of ether oxygens (including phenoxy) is 4. The lowest BCUT2D eigenvalue weighted by molar-refractivity contribution is -0.119. The van der Waals surface area contributed by atoms with Crippen LogP contribution in [-0.2, 0) is 11.2 Å². The van der Waals surface area contributed by atoms with Gasteiger partial charge in [0, 0.05) is 41.3 Å². The maximum atomic E-state index is 12.6. The molecule has 0 radical (unpaired) electrons. The Morgan fingerprint density at radius 1 is 1.11 bits per heavy atom. The number of pyridine rings is 1. The number of carbonyl (C=O) groups excluding carboxylic acids is 2. The number of hydrogen-bond donors (Lipinski definition) is 1. The molecule has 1 aromatic heterocycles. The van der Waals surface area contributed by atoms with Gasteiger partial charge in [0.25, 0.3) is 5.91 Å². The number of ketones is 1. The van der Waals surface area contributed by atoms with E-state index in [4.69, 9.17) is 30.5 Å². The molecule has 3 aromatic rings. The van der Waals surface area contributed by atoms with Crippen LogP contribution in [0.15, 0.2) is 48.5 Å². The summed E-state index contributed by atoms with van der Waals surface area (Å²) in [6.07, 6.45) is 1.18. The Balaban J connectivity index is 1.37. The van der Waals surface area contributed by atoms with Crippen LogP contribution in [0.1, 0.15) is 40.7 Å². The quantitative estimate of drug-likeness (QED) is 0.434. The molecule has 1 atom stereocenters. The summed E-state index contributed by atoms with van der Waals surface area (Å²) in [6, 6.07) is 13.8. The molecule has 1 aliphatic rings. The topological polar surface area (TPSA) is 96.0 Å². The summed E-state index contributed by atoms with van der Waals surface area (Å²) >= 11 is 6.43. The normalized spacial score (nSPS) is 14.3. The number of fused-ring (bicyclic) bond motifs is 1. The summed E-state index contributed by atoms with van der Waals surface area (Å²) in [5.74, 6) is 2.11. The van der Waals surface area contributed by atoms with Gasteiger partial charge in [-0.15, -0.1) is 0 Å². The first-order chi connectivity index (χ1) is 17.4. The van der Waals surface area contributed by atoms with Crippen molar-refractivity contribution in [2.24, 2.45) is 0 Å². The number of nitrogens with one attached hydrogen (secondary N) is 1. The van der Waals surface area contributed by atoms with Crippen LogP contribution in [0.5, 0.6) is 29.0 Å². The number of benzene rings is 2. The first-order valence-electron chi connectivity index (χ1n) is 11.5. The van der Waals surface area contributed by atoms with Crippen molar-refractivity contribution in [2.45, 2.75) is 25.7 Å². The highest BCUT2D eigenvalue weighted by Crippen LogP contribution is 2.42. The van der Waals surface area contributed by atoms with Gasteiger partial charge < -0.3 is 24.3 Å². The zero-order chi connectivity index (χ0) is 25.7. The third kappa shape index (κ3) is 5.71. The third-order valence-corrected chi connectivity index (χ3v) is 6.23. The van der Waals surface area contributed by atoms with Crippen molar-refractivity contribution in [3.8, 4) is 29.0 Å². The van der Waals surface area contributed by atoms with Gasteiger partial charge in [0.2, 0.25) is 11.8 Å². The number of amides is 1. The molecule has 0 spiro atoms. The molecule has 1 unspecified atom stereocenters. The van der Waals surface area contributed by atoms with Crippen LogP contribution in [-0.4, -0.2) is 44.0 Å². The molecule has 1 N–H and O–H groups in total. The highest BCUT2D eigenvalue weighted by molar-refractivity contribution is 6.32. The van der Waals surface area contributed by atoms with E-state index in [0.717, 1.165) is 11.1 Å². The highest BCUT2D eigenvalue weighted by Gasteiger charge is 2.27. The molecular formula is C27H27ClN2O6. The van der Waals surface area contributed by atoms with E-state index in [9.17, 15) is 9.59 Å². The van der Waals surface area contributed by atoms with E-state index in [1.165, 1.54) is 0 Å². The number of nitrogens with zero attached hydrogens (tertiary/aromatic N) is 1. The van der Waals surface area contributed by atoms with E-state index in [-0.39, 0.29) is 17.6 Å². The molecular weight excluding hydrogens is 484 g/mol. The summed E-state index contributed by atoms with van der Waals surface area (Å²) in [4.78, 5) is 28.8. The van der Waals surface area contributed by atoms with Gasteiger partial charge in [-0.25, -0.2) is 0 Å². The Bertz CT molecular complexity index is 1260. The fraction of sp³-hybridized carbons (Fsp3) is 0.296. The minimum Gasteiger partial charge on any atom is -0.493 e. The molecule has 0 saturated carbocycles. The Morgan fingerprint density at radius 3 is 2.58 bits per heavy atom. The van der Waals surface area contributed by atoms with Crippen LogP contribution in [0.3, 0.4) is 0 Å². The van der Waals surface area contributed by atoms with Crippen molar-refractivity contribution in [1.29, 1.82) is 0 Å². The average Bonchev–Trinajstić information content (AvgIpc) is 2.89. The first-order valence-corrected chi connectivity index (χ1v) is 11.9. The second kappa shape index (κ2) is 11.3. The van der Waals surface area contributed by atoms with Gasteiger partial charge in [0.15, 0.2) is 0 Å². The third-order valence-electron chi connectivity index (χ3n) is 5.93. The van der Waals surface area contributed by atoms with Gasteiger partial charge in [-0.05, 0) is 56.2 Å². The number of rotatable bonds is 9. The fourth-order valence-electron chi connectivity index (χ4n) is 4.04. The lowest BCUT2D eigenvalue weighted by atomic mass is 9.90. The molecule has 2 aromatic carbocycles. The highest BCUT2D eigenvalue weighted by atomic mass is 35.5. The van der Waals surface area contributed by atoms with E-state index >= 15 is 0 Å². The van der Waals surface area contributed by atoms with Crippen molar-refractivity contribution in [3.05, 3.63) is 70.2 Å². The molecule has 0 fully saturated rings. The average molecular weight is 511 g/mol. The number of halogens is 1. The molecule has 1 aliphatic heterocycles. The molecule has 0 aliphatic carbocycles. The van der Waals surface area contributed by atoms with Crippen LogP contribution >= 0.6 is 11.6 Å². The molecule has 4 rings (SSSR count). The van der Waals surface area contributed by atoms with E-state index in [2.05, 4.69) is 10.3 Å². The number of Topliss-reactive ketones (excluding diaryl/α,β-unsaturated/α-hetero) is 1. The molecule has 2 heterocycles. The zero-order valence-electron chi connectivity index (χ0n) is 20.3. The molecule has 0 saturated heterocycles. The second-order valence-corrected chi connectivity index (χ2v) is 8.68. The Hall–Kier alpha value is -3.78. The maximum absolute atomic E-state index is 12.6. The molecule has 0 bridgehead atoms. The lowest BCUT2D eigenvalue weighted by Gasteiger charge is -2.25. The molecule has 36 heavy (non-hydrogen) atoms. The molecule has 8 nitrogen and oxygen atoms in total. The van der Waals surface area contributed by atoms with Crippen molar-refractivity contribution in [1.82, 2.24) is 10.3 Å². The fourth-order valence-corrected chi connectivity index (χ4v) is 4.25. The van der Waals surface area contributed by atoms with E-state index in [1.54, 1.807) is 63.6 Å². The van der Waals surface area contributed by atoms with Crippen LogP contribution in [0.2, 0.25) is 5.02 Å². The number of hydrogen-bond acceptors (Lipinski definition) is 7. The summed E-state index contributed by atoms with van der Waals surface area (Å²) in [5.41, 5.74) is 2.13. The Morgan fingerprint density at radius 2 is 1.89 bits per heavy atom. The minimum atomic E-state index is -0.222. The van der Waals surface area contributed by atoms with Crippen LogP contribution in [0.4, 0.5) is 0 Å². The predicted octanol–water partition coefficient (Wildman–Crippen LogP) is 4.97. The van der Waals surface area contributed by atoms with Crippen LogP contribution in [0, 0.1) is 0 Å². The van der Waals surface area contributed by atoms with E-state index in [0.29, 0.717) is 65.6 Å². The van der Waals surface area contributed by atoms with E-state index < -0.39 is 0 Å². The lowest BCUT2D eigenvalue weighted by Crippen LogP contribution is -2.25. The van der Waals surface area contributed by atoms with Gasteiger partial charge >= 0.3 is 0 Å². The molecule has 188 valence electrons. The van der Waals surface area contributed by atoms with Crippen molar-refractivity contribution >= 4 is 23.3 Å². The number of carbonyl (C=O) groups is 2. The van der Waals surface area contributed by atoms with Crippen molar-refractivity contribution in [3.63, 3.8) is 0 Å². The summed E-state index contributed by atoms with van der Waals surface area (Å²) < 4.78 is 22.1. The Kier molecular flexibility index (Phi) is 7.95. The second-order valence-electron chi connectivity index (χ2n) is 8.28. The van der Waals surface area contributed by atoms with Gasteiger partial charge in [-0.1, -0.05) is 11.6 Å². The largest absolute Gasteiger partial charge is 0.493 e. The van der Waals surface area contributed by atoms with Gasteiger partial charge in [0.05, 0.1) is 25.8 Å². The van der Waals surface area contributed by atoms with Gasteiger partial charge in [-0.3, -0.25) is 9.59 Å². The standard InChI is InChI=1S/C27H27ClN2O6/c1-16(31)20-11-13-35-23-15-24(22(28)14-21(20)23)36-19-7-4-17(5-8-19)26(32)29-12-10-18-6-9-25(33-2)30-27(18)34-3/h4-9,14-15,20H,10-13H2,1-3H3,(H,29,32). The summed E-state index contributed by atoms with van der Waals surface area (Å²) in [7, 11) is 3.08. The zero-order valence-corrected chi connectivity index (χ0v) is 21.1. The maximum Gasteiger partial charge on any atom is 0.251 e. The smallest absolute Gasteiger partial charge is 0.251 e. The monoisotopic (exact) mass is 510 g/mol. The van der Waals surface area contributed by atoms with Crippen LogP contribution < -0.4 is 24.3 Å². The predicted molar refractivity (Wildman–Crippen MR) is 135 cm³/mol. The Labute approximate surface area is 214 Å². The van der Waals surface area contributed by atoms with Gasteiger partial charge in [0.1, 0.15) is 23.0 Å². The first kappa shape index (κ1) is 25.3. The number of aromatic nitrogens is 1. The molecule has 9 heteroatoms. The van der Waals surface area contributed by atoms with Crippen molar-refractivity contribution in [2.75, 3.05) is 27.4 Å².